The van der Waals surface area contributed by atoms with Gasteiger partial charge < -0.3 is 19.9 Å². The van der Waals surface area contributed by atoms with Gasteiger partial charge in [-0.2, -0.15) is 15.1 Å². The van der Waals surface area contributed by atoms with Gasteiger partial charge in [0.15, 0.2) is 5.82 Å². The molecule has 3 aromatic rings. The molecule has 0 bridgehead atoms. The van der Waals surface area contributed by atoms with Gasteiger partial charge in [0.05, 0.1) is 11.2 Å². The number of rotatable bonds is 4. The number of piperidine rings is 2. The zero-order chi connectivity index (χ0) is 24.2. The van der Waals surface area contributed by atoms with Crippen LogP contribution in [0.2, 0.25) is 5.02 Å². The van der Waals surface area contributed by atoms with Crippen LogP contribution in [0.15, 0.2) is 12.3 Å². The Kier molecular flexibility index (Phi) is 5.81. The van der Waals surface area contributed by atoms with Crippen LogP contribution < -0.4 is 15.0 Å². The second-order valence-corrected chi connectivity index (χ2v) is 10.8. The summed E-state index contributed by atoms with van der Waals surface area (Å²) in [6.45, 7) is 7.64. The number of fused-ring (bicyclic) bond motifs is 1. The highest BCUT2D eigenvalue weighted by Gasteiger charge is 2.40. The van der Waals surface area contributed by atoms with Crippen molar-refractivity contribution in [3.63, 3.8) is 0 Å². The van der Waals surface area contributed by atoms with E-state index in [0.717, 1.165) is 70.6 Å². The van der Waals surface area contributed by atoms with E-state index in [1.54, 1.807) is 12.3 Å². The van der Waals surface area contributed by atoms with Gasteiger partial charge in [-0.1, -0.05) is 11.6 Å². The third-order valence-corrected chi connectivity index (χ3v) is 8.30. The lowest BCUT2D eigenvalue weighted by molar-refractivity contribution is 0.105. The van der Waals surface area contributed by atoms with Crippen LogP contribution in [-0.2, 0) is 0 Å². The molecule has 0 atom stereocenters. The zero-order valence-corrected chi connectivity index (χ0v) is 21.0. The summed E-state index contributed by atoms with van der Waals surface area (Å²) >= 11 is 6.67. The number of aromatic nitrogens is 4. The number of halogens is 2. The maximum atomic E-state index is 16.1. The predicted octanol–water partition coefficient (Wildman–Crippen LogP) is 3.78. The summed E-state index contributed by atoms with van der Waals surface area (Å²) in [6, 6.07) is 2.04. The molecule has 35 heavy (non-hydrogen) atoms. The van der Waals surface area contributed by atoms with Gasteiger partial charge in [0.2, 0.25) is 0 Å². The van der Waals surface area contributed by atoms with Gasteiger partial charge in [-0.15, -0.1) is 0 Å². The molecule has 3 aliphatic heterocycles. The molecule has 0 amide bonds. The third kappa shape index (κ3) is 4.13. The smallest absolute Gasteiger partial charge is 0.319 e. The Morgan fingerprint density at radius 2 is 1.89 bits per heavy atom. The normalized spacial score (nSPS) is 21.0. The van der Waals surface area contributed by atoms with Crippen molar-refractivity contribution in [2.45, 2.75) is 38.7 Å². The SMILES string of the molecule is Cc1[nH]ncc1-c1c(Cl)cc2c(N3CCC4(CC3)CNC4)nc(OC3CCN(C)CC3)nc2c1F. The molecule has 3 fully saturated rings. The van der Waals surface area contributed by atoms with E-state index in [4.69, 9.17) is 21.3 Å². The monoisotopic (exact) mass is 499 g/mol. The Morgan fingerprint density at radius 1 is 1.14 bits per heavy atom. The Hall–Kier alpha value is -2.49. The summed E-state index contributed by atoms with van der Waals surface area (Å²) in [5.74, 6) is 0.238. The minimum Gasteiger partial charge on any atom is -0.460 e. The predicted molar refractivity (Wildman–Crippen MR) is 135 cm³/mol. The fraction of sp³-hybridized carbons (Fsp3) is 0.560. The van der Waals surface area contributed by atoms with Crippen LogP contribution in [0, 0.1) is 18.2 Å². The van der Waals surface area contributed by atoms with Crippen molar-refractivity contribution in [1.82, 2.24) is 30.4 Å². The minimum absolute atomic E-state index is 0.0214. The minimum atomic E-state index is -0.467. The van der Waals surface area contributed by atoms with Crippen molar-refractivity contribution in [2.75, 3.05) is 51.2 Å². The summed E-state index contributed by atoms with van der Waals surface area (Å²) < 4.78 is 22.4. The number of hydrogen-bond acceptors (Lipinski definition) is 7. The fourth-order valence-electron chi connectivity index (χ4n) is 5.58. The maximum absolute atomic E-state index is 16.1. The Balaban J connectivity index is 1.43. The van der Waals surface area contributed by atoms with E-state index in [1.165, 1.54) is 0 Å². The molecule has 2 aromatic heterocycles. The lowest BCUT2D eigenvalue weighted by Crippen LogP contribution is -2.58. The molecule has 3 saturated heterocycles. The standard InChI is InChI=1S/C25H31ClFN7O/c1-15-18(12-29-32-15)20-19(26)11-17-22(21(20)27)30-24(35-16-3-7-33(2)8-4-16)31-23(17)34-9-5-25(6-10-34)13-28-14-25/h11-12,16,28H,3-10,13-14H2,1-2H3,(H,29,32). The number of nitrogens with one attached hydrogen (secondary N) is 2. The van der Waals surface area contributed by atoms with Crippen LogP contribution in [0.5, 0.6) is 6.01 Å². The van der Waals surface area contributed by atoms with Crippen molar-refractivity contribution in [2.24, 2.45) is 5.41 Å². The number of H-pyrrole nitrogens is 1. The first-order chi connectivity index (χ1) is 16.9. The van der Waals surface area contributed by atoms with Gasteiger partial charge in [-0.05, 0) is 51.1 Å². The number of ether oxygens (including phenoxy) is 1. The third-order valence-electron chi connectivity index (χ3n) is 8.00. The van der Waals surface area contributed by atoms with Crippen molar-refractivity contribution < 1.29 is 9.13 Å². The number of aryl methyl sites for hydroxylation is 1. The van der Waals surface area contributed by atoms with Crippen molar-refractivity contribution >= 4 is 28.3 Å². The van der Waals surface area contributed by atoms with E-state index in [0.29, 0.717) is 32.8 Å². The summed E-state index contributed by atoms with van der Waals surface area (Å²) in [5.41, 5.74) is 2.31. The summed E-state index contributed by atoms with van der Waals surface area (Å²) in [4.78, 5) is 14.0. The molecule has 0 radical (unpaired) electrons. The van der Waals surface area contributed by atoms with Crippen LogP contribution >= 0.6 is 11.6 Å². The van der Waals surface area contributed by atoms with E-state index in [2.05, 4.69) is 37.3 Å². The second kappa shape index (κ2) is 8.87. The topological polar surface area (TPSA) is 82.2 Å². The van der Waals surface area contributed by atoms with Gasteiger partial charge in [0, 0.05) is 61.5 Å². The molecule has 0 unspecified atom stereocenters. The second-order valence-electron chi connectivity index (χ2n) is 10.4. The van der Waals surface area contributed by atoms with Crippen LogP contribution in [0.4, 0.5) is 10.2 Å². The molecule has 0 aliphatic carbocycles. The Labute approximate surface area is 209 Å². The Bertz CT molecular complexity index is 1240. The summed E-state index contributed by atoms with van der Waals surface area (Å²) in [7, 11) is 2.11. The van der Waals surface area contributed by atoms with Crippen molar-refractivity contribution in [1.29, 1.82) is 0 Å². The molecule has 10 heteroatoms. The number of likely N-dealkylation sites (tertiary alicyclic amines) is 1. The number of benzene rings is 1. The molecule has 3 aliphatic rings. The van der Waals surface area contributed by atoms with E-state index in [-0.39, 0.29) is 17.6 Å². The fourth-order valence-corrected chi connectivity index (χ4v) is 5.87. The first-order valence-corrected chi connectivity index (χ1v) is 12.8. The van der Waals surface area contributed by atoms with Crippen LogP contribution in [0.1, 0.15) is 31.4 Å². The lowest BCUT2D eigenvalue weighted by atomic mass is 9.73. The maximum Gasteiger partial charge on any atom is 0.319 e. The van der Waals surface area contributed by atoms with Crippen molar-refractivity contribution in [3.05, 3.63) is 28.8 Å². The van der Waals surface area contributed by atoms with Crippen LogP contribution in [-0.4, -0.2) is 77.5 Å². The molecule has 1 aromatic carbocycles. The first-order valence-electron chi connectivity index (χ1n) is 12.4. The van der Waals surface area contributed by atoms with E-state index in [1.807, 2.05) is 6.92 Å². The summed E-state index contributed by atoms with van der Waals surface area (Å²) in [5, 5.41) is 11.3. The van der Waals surface area contributed by atoms with E-state index < -0.39 is 5.82 Å². The van der Waals surface area contributed by atoms with Gasteiger partial charge in [-0.25, -0.2) is 4.39 Å². The van der Waals surface area contributed by atoms with Gasteiger partial charge >= 0.3 is 6.01 Å². The van der Waals surface area contributed by atoms with Crippen molar-refractivity contribution in [3.8, 4) is 17.1 Å². The first kappa shape index (κ1) is 22.9. The van der Waals surface area contributed by atoms with E-state index >= 15 is 4.39 Å². The average Bonchev–Trinajstić information content (AvgIpc) is 3.25. The zero-order valence-electron chi connectivity index (χ0n) is 20.2. The molecule has 5 heterocycles. The molecule has 6 rings (SSSR count). The Morgan fingerprint density at radius 3 is 2.51 bits per heavy atom. The molecule has 186 valence electrons. The van der Waals surface area contributed by atoms with E-state index in [9.17, 15) is 0 Å². The highest BCUT2D eigenvalue weighted by Crippen LogP contribution is 2.42. The van der Waals surface area contributed by atoms with Crippen LogP contribution in [0.25, 0.3) is 22.0 Å². The highest BCUT2D eigenvalue weighted by molar-refractivity contribution is 6.34. The van der Waals surface area contributed by atoms with Gasteiger partial charge in [0.1, 0.15) is 17.4 Å². The number of hydrogen-bond donors (Lipinski definition) is 2. The molecule has 2 N–H and O–H groups in total. The largest absolute Gasteiger partial charge is 0.460 e. The quantitative estimate of drug-likeness (QED) is 0.565. The summed E-state index contributed by atoms with van der Waals surface area (Å²) in [6.07, 6.45) is 5.58. The average molecular weight is 500 g/mol. The number of aromatic amines is 1. The molecule has 1 spiro atoms. The number of anilines is 1. The molecule has 0 saturated carbocycles. The van der Waals surface area contributed by atoms with Gasteiger partial charge in [0.25, 0.3) is 0 Å². The molecular formula is C25H31ClFN7O. The van der Waals surface area contributed by atoms with Gasteiger partial charge in [-0.3, -0.25) is 5.10 Å². The molecular weight excluding hydrogens is 469 g/mol. The highest BCUT2D eigenvalue weighted by atomic mass is 35.5. The molecule has 8 nitrogen and oxygen atoms in total. The number of nitrogens with zero attached hydrogens (tertiary/aromatic N) is 5. The lowest BCUT2D eigenvalue weighted by Gasteiger charge is -2.48. The van der Waals surface area contributed by atoms with Crippen LogP contribution in [0.3, 0.4) is 0 Å².